The van der Waals surface area contributed by atoms with Crippen molar-refractivity contribution in [1.82, 2.24) is 9.99 Å². The largest absolute Gasteiger partial charge is 0.482 e. The Balaban J connectivity index is 1.59. The van der Waals surface area contributed by atoms with E-state index in [2.05, 4.69) is 10.5 Å². The summed E-state index contributed by atoms with van der Waals surface area (Å²) in [6.45, 7) is -0.268. The summed E-state index contributed by atoms with van der Waals surface area (Å²) < 4.78 is 7.13. The lowest BCUT2D eigenvalue weighted by molar-refractivity contribution is -0.123. The molecule has 0 saturated heterocycles. The van der Waals surface area contributed by atoms with Crippen LogP contribution in [0, 0.1) is 0 Å². The molecule has 0 bridgehead atoms. The highest BCUT2D eigenvalue weighted by atomic mass is 35.5. The van der Waals surface area contributed by atoms with Gasteiger partial charge in [0.25, 0.3) is 5.91 Å². The Morgan fingerprint density at radius 2 is 1.90 bits per heavy atom. The van der Waals surface area contributed by atoms with Crippen molar-refractivity contribution in [2.45, 2.75) is 0 Å². The minimum atomic E-state index is -0.990. The van der Waals surface area contributed by atoms with Crippen molar-refractivity contribution in [3.63, 3.8) is 0 Å². The quantitative estimate of drug-likeness (QED) is 0.436. The number of carboxylic acid groups (broad SMARTS) is 1. The van der Waals surface area contributed by atoms with Crippen LogP contribution in [0.2, 0.25) is 10.0 Å². The molecular formula is C20H15Cl2N3O4. The molecule has 9 heteroatoms. The number of hydrogen-bond acceptors (Lipinski definition) is 4. The van der Waals surface area contributed by atoms with Crippen molar-refractivity contribution in [3.05, 3.63) is 82.1 Å². The Morgan fingerprint density at radius 3 is 2.59 bits per heavy atom. The minimum Gasteiger partial charge on any atom is -0.482 e. The maximum Gasteiger partial charge on any atom is 0.335 e. The van der Waals surface area contributed by atoms with E-state index in [1.54, 1.807) is 47.2 Å². The third kappa shape index (κ3) is 5.37. The lowest BCUT2D eigenvalue weighted by Crippen LogP contribution is -2.24. The number of hydrazone groups is 1. The standard InChI is InChI=1S/C20H15Cl2N3O4/c21-14-5-8-18(17(22)10-14)29-12-19(26)24-23-11-16-2-1-9-25(16)15-6-3-13(4-7-15)20(27)28/h1-11H,12H2,(H,24,26)(H,27,28)/b23-11+. The number of carboxylic acids is 1. The first-order valence-corrected chi connectivity index (χ1v) is 9.10. The average molecular weight is 432 g/mol. The van der Waals surface area contributed by atoms with Gasteiger partial charge in [-0.05, 0) is 54.6 Å². The Kier molecular flexibility index (Phi) is 6.54. The molecular weight excluding hydrogens is 417 g/mol. The van der Waals surface area contributed by atoms with Crippen LogP contribution in [0.3, 0.4) is 0 Å². The van der Waals surface area contributed by atoms with Crippen LogP contribution in [0.1, 0.15) is 16.1 Å². The fourth-order valence-corrected chi connectivity index (χ4v) is 2.90. The summed E-state index contributed by atoms with van der Waals surface area (Å²) in [5.41, 5.74) is 4.02. The van der Waals surface area contributed by atoms with Crippen LogP contribution in [-0.4, -0.2) is 34.4 Å². The summed E-state index contributed by atoms with van der Waals surface area (Å²) in [4.78, 5) is 22.9. The summed E-state index contributed by atoms with van der Waals surface area (Å²) in [6, 6.07) is 14.7. The van der Waals surface area contributed by atoms with Crippen molar-refractivity contribution >= 4 is 41.3 Å². The normalized spacial score (nSPS) is 10.8. The molecule has 0 aliphatic carbocycles. The number of nitrogens with zero attached hydrogens (tertiary/aromatic N) is 2. The monoisotopic (exact) mass is 431 g/mol. The van der Waals surface area contributed by atoms with Crippen LogP contribution < -0.4 is 10.2 Å². The van der Waals surface area contributed by atoms with Gasteiger partial charge in [-0.25, -0.2) is 10.2 Å². The first-order chi connectivity index (χ1) is 13.9. The second kappa shape index (κ2) is 9.27. The van der Waals surface area contributed by atoms with Crippen molar-refractivity contribution in [1.29, 1.82) is 0 Å². The molecule has 0 aliphatic heterocycles. The lowest BCUT2D eigenvalue weighted by Gasteiger charge is -2.08. The van der Waals surface area contributed by atoms with Gasteiger partial charge in [-0.3, -0.25) is 4.79 Å². The molecule has 0 spiro atoms. The van der Waals surface area contributed by atoms with E-state index in [-0.39, 0.29) is 12.2 Å². The molecule has 2 N–H and O–H groups in total. The van der Waals surface area contributed by atoms with Gasteiger partial charge in [-0.1, -0.05) is 23.2 Å². The van der Waals surface area contributed by atoms with Gasteiger partial charge in [-0.15, -0.1) is 0 Å². The molecule has 1 heterocycles. The number of aromatic carboxylic acids is 1. The second-order valence-electron chi connectivity index (χ2n) is 5.81. The molecule has 3 rings (SSSR count). The number of carbonyl (C=O) groups excluding carboxylic acids is 1. The average Bonchev–Trinajstić information content (AvgIpc) is 3.16. The summed E-state index contributed by atoms with van der Waals surface area (Å²) in [7, 11) is 0. The molecule has 0 unspecified atom stereocenters. The fraction of sp³-hybridized carbons (Fsp3) is 0.0500. The highest BCUT2D eigenvalue weighted by Crippen LogP contribution is 2.27. The summed E-state index contributed by atoms with van der Waals surface area (Å²) >= 11 is 11.8. The number of amides is 1. The van der Waals surface area contributed by atoms with Gasteiger partial charge in [0.05, 0.1) is 22.5 Å². The van der Waals surface area contributed by atoms with E-state index in [0.717, 1.165) is 5.69 Å². The van der Waals surface area contributed by atoms with Gasteiger partial charge in [0, 0.05) is 16.9 Å². The summed E-state index contributed by atoms with van der Waals surface area (Å²) in [6.07, 6.45) is 3.27. The number of hydrogen-bond donors (Lipinski definition) is 2. The van der Waals surface area contributed by atoms with E-state index in [9.17, 15) is 9.59 Å². The molecule has 29 heavy (non-hydrogen) atoms. The molecule has 0 aliphatic rings. The van der Waals surface area contributed by atoms with Gasteiger partial charge >= 0.3 is 5.97 Å². The van der Waals surface area contributed by atoms with Gasteiger partial charge in [0.2, 0.25) is 0 Å². The molecule has 2 aromatic carbocycles. The van der Waals surface area contributed by atoms with Crippen LogP contribution in [-0.2, 0) is 4.79 Å². The van der Waals surface area contributed by atoms with E-state index in [1.165, 1.54) is 24.4 Å². The van der Waals surface area contributed by atoms with Gasteiger partial charge in [0.1, 0.15) is 5.75 Å². The van der Waals surface area contributed by atoms with Crippen molar-refractivity contribution in [3.8, 4) is 11.4 Å². The topological polar surface area (TPSA) is 92.9 Å². The zero-order valence-corrected chi connectivity index (χ0v) is 16.4. The zero-order valence-electron chi connectivity index (χ0n) is 14.9. The number of halogens is 2. The summed E-state index contributed by atoms with van der Waals surface area (Å²) in [5, 5.41) is 13.7. The first-order valence-electron chi connectivity index (χ1n) is 8.35. The lowest BCUT2D eigenvalue weighted by atomic mass is 10.2. The van der Waals surface area contributed by atoms with Crippen LogP contribution in [0.5, 0.6) is 5.75 Å². The molecule has 148 valence electrons. The van der Waals surface area contributed by atoms with Gasteiger partial charge in [0.15, 0.2) is 6.61 Å². The third-order valence-corrected chi connectivity index (χ3v) is 4.34. The molecule has 0 fully saturated rings. The predicted molar refractivity (Wildman–Crippen MR) is 110 cm³/mol. The second-order valence-corrected chi connectivity index (χ2v) is 6.66. The summed E-state index contributed by atoms with van der Waals surface area (Å²) in [5.74, 6) is -1.11. The highest BCUT2D eigenvalue weighted by Gasteiger charge is 2.07. The molecule has 1 amide bonds. The molecule has 7 nitrogen and oxygen atoms in total. The third-order valence-electron chi connectivity index (χ3n) is 3.81. The van der Waals surface area contributed by atoms with Crippen molar-refractivity contribution < 1.29 is 19.4 Å². The van der Waals surface area contributed by atoms with Crippen LogP contribution in [0.4, 0.5) is 0 Å². The zero-order chi connectivity index (χ0) is 20.8. The van der Waals surface area contributed by atoms with Crippen LogP contribution >= 0.6 is 23.2 Å². The Hall–Kier alpha value is -3.29. The molecule has 1 aromatic heterocycles. The van der Waals surface area contributed by atoms with E-state index >= 15 is 0 Å². The molecule has 3 aromatic rings. The van der Waals surface area contributed by atoms with Gasteiger partial charge in [-0.2, -0.15) is 5.10 Å². The van der Waals surface area contributed by atoms with E-state index in [0.29, 0.717) is 21.5 Å². The SMILES string of the molecule is O=C(COc1ccc(Cl)cc1Cl)N/N=C/c1cccn1-c1ccc(C(=O)O)cc1. The van der Waals surface area contributed by atoms with E-state index < -0.39 is 11.9 Å². The van der Waals surface area contributed by atoms with Crippen molar-refractivity contribution in [2.75, 3.05) is 6.61 Å². The number of rotatable bonds is 7. The number of carbonyl (C=O) groups is 2. The fourth-order valence-electron chi connectivity index (χ4n) is 2.44. The van der Waals surface area contributed by atoms with E-state index in [4.69, 9.17) is 33.0 Å². The predicted octanol–water partition coefficient (Wildman–Crippen LogP) is 4.01. The highest BCUT2D eigenvalue weighted by molar-refractivity contribution is 6.35. The number of nitrogens with one attached hydrogen (secondary N) is 1. The van der Waals surface area contributed by atoms with Crippen LogP contribution in [0.15, 0.2) is 65.9 Å². The first kappa shape index (κ1) is 20.4. The van der Waals surface area contributed by atoms with Crippen molar-refractivity contribution in [2.24, 2.45) is 5.10 Å². The maximum absolute atomic E-state index is 11.9. The molecule has 0 saturated carbocycles. The Bertz CT molecular complexity index is 1060. The van der Waals surface area contributed by atoms with Crippen LogP contribution in [0.25, 0.3) is 5.69 Å². The Morgan fingerprint density at radius 1 is 1.14 bits per heavy atom. The smallest absolute Gasteiger partial charge is 0.335 e. The molecule has 0 atom stereocenters. The van der Waals surface area contributed by atoms with E-state index in [1.807, 2.05) is 0 Å². The maximum atomic E-state index is 11.9. The molecule has 0 radical (unpaired) electrons. The number of benzene rings is 2. The number of aromatic nitrogens is 1. The van der Waals surface area contributed by atoms with Gasteiger partial charge < -0.3 is 14.4 Å². The Labute approximate surface area is 176 Å². The minimum absolute atomic E-state index is 0.198. The number of ether oxygens (including phenoxy) is 1.